The van der Waals surface area contributed by atoms with Gasteiger partial charge in [0.05, 0.1) is 17.7 Å². The van der Waals surface area contributed by atoms with E-state index in [0.717, 1.165) is 53.2 Å². The number of nitriles is 1. The summed E-state index contributed by atoms with van der Waals surface area (Å²) in [4.78, 5) is 4.69. The molecular formula is C26H32N4O2. The Hall–Kier alpha value is -3.04. The SMILES string of the molecule is CN(O)C(N)=NC1C[C@]2(CCC(C(C)(C)C)C2)Oc2ccc(-c3cccc(C#N)c3)cc21. The molecule has 1 aliphatic carbocycles. The summed E-state index contributed by atoms with van der Waals surface area (Å²) in [6, 6.07) is 15.7. The zero-order chi connectivity index (χ0) is 23.1. The van der Waals surface area contributed by atoms with Gasteiger partial charge in [0, 0.05) is 19.0 Å². The zero-order valence-corrected chi connectivity index (χ0v) is 19.3. The van der Waals surface area contributed by atoms with E-state index in [9.17, 15) is 10.5 Å². The van der Waals surface area contributed by atoms with E-state index in [-0.39, 0.29) is 23.0 Å². The highest BCUT2D eigenvalue weighted by molar-refractivity contribution is 5.77. The third-order valence-electron chi connectivity index (χ3n) is 7.00. The highest BCUT2D eigenvalue weighted by Gasteiger charge is 2.49. The maximum absolute atomic E-state index is 9.81. The first-order valence-electron chi connectivity index (χ1n) is 11.2. The van der Waals surface area contributed by atoms with Gasteiger partial charge in [-0.05, 0) is 66.0 Å². The van der Waals surface area contributed by atoms with Gasteiger partial charge in [0.2, 0.25) is 5.96 Å². The number of aliphatic imine (C=N–C) groups is 1. The lowest BCUT2D eigenvalue weighted by molar-refractivity contribution is 0.00903. The molecule has 0 amide bonds. The fraction of sp³-hybridized carbons (Fsp3) is 0.462. The maximum Gasteiger partial charge on any atom is 0.215 e. The summed E-state index contributed by atoms with van der Waals surface area (Å²) in [6.45, 7) is 6.89. The Kier molecular flexibility index (Phi) is 5.64. The number of nitrogens with zero attached hydrogens (tertiary/aromatic N) is 3. The van der Waals surface area contributed by atoms with Crippen LogP contribution in [0.2, 0.25) is 0 Å². The quantitative estimate of drug-likeness (QED) is 0.383. The van der Waals surface area contributed by atoms with Crippen LogP contribution in [0.5, 0.6) is 5.75 Å². The minimum Gasteiger partial charge on any atom is -0.487 e. The van der Waals surface area contributed by atoms with E-state index in [1.54, 1.807) is 6.07 Å². The predicted octanol–water partition coefficient (Wildman–Crippen LogP) is 5.27. The molecule has 168 valence electrons. The van der Waals surface area contributed by atoms with Crippen molar-refractivity contribution in [3.05, 3.63) is 53.6 Å². The monoisotopic (exact) mass is 432 g/mol. The van der Waals surface area contributed by atoms with Gasteiger partial charge in [0.25, 0.3) is 0 Å². The number of ether oxygens (including phenoxy) is 1. The molecule has 1 spiro atoms. The average molecular weight is 433 g/mol. The van der Waals surface area contributed by atoms with Crippen LogP contribution in [0, 0.1) is 22.7 Å². The molecule has 4 rings (SSSR count). The molecule has 0 bridgehead atoms. The second-order valence-electron chi connectivity index (χ2n) is 10.3. The van der Waals surface area contributed by atoms with Crippen molar-refractivity contribution in [2.45, 2.75) is 58.1 Å². The molecule has 0 saturated heterocycles. The molecule has 6 heteroatoms. The number of hydrogen-bond donors (Lipinski definition) is 2. The van der Waals surface area contributed by atoms with Crippen molar-refractivity contribution in [3.63, 3.8) is 0 Å². The Morgan fingerprint density at radius 1 is 1.22 bits per heavy atom. The minimum absolute atomic E-state index is 0.0836. The van der Waals surface area contributed by atoms with E-state index in [4.69, 9.17) is 10.5 Å². The predicted molar refractivity (Wildman–Crippen MR) is 125 cm³/mol. The average Bonchev–Trinajstić information content (AvgIpc) is 3.17. The summed E-state index contributed by atoms with van der Waals surface area (Å²) in [5.74, 6) is 1.49. The van der Waals surface area contributed by atoms with E-state index >= 15 is 0 Å². The minimum atomic E-state index is -0.268. The van der Waals surface area contributed by atoms with Gasteiger partial charge in [-0.25, -0.2) is 10.1 Å². The van der Waals surface area contributed by atoms with Crippen LogP contribution >= 0.6 is 0 Å². The van der Waals surface area contributed by atoms with Crippen molar-refractivity contribution in [3.8, 4) is 22.9 Å². The standard InChI is InChI=1S/C26H32N4O2/c1-25(2,3)20-10-11-26(14-20)15-22(29-24(28)30(4)31)21-13-19(8-9-23(21)32-26)18-7-5-6-17(12-18)16-27/h5-9,12-13,20,22,31H,10-11,14-15H2,1-4H3,(H2,28,29)/t20?,22?,26-/m1/s1. The van der Waals surface area contributed by atoms with E-state index in [0.29, 0.717) is 11.5 Å². The molecule has 2 aromatic rings. The molecule has 3 N–H and O–H groups in total. The lowest BCUT2D eigenvalue weighted by Gasteiger charge is -2.40. The Morgan fingerprint density at radius 3 is 2.62 bits per heavy atom. The molecule has 2 aromatic carbocycles. The van der Waals surface area contributed by atoms with Crippen molar-refractivity contribution in [2.24, 2.45) is 22.1 Å². The Morgan fingerprint density at radius 2 is 1.97 bits per heavy atom. The largest absolute Gasteiger partial charge is 0.487 e. The van der Waals surface area contributed by atoms with E-state index in [1.807, 2.05) is 30.3 Å². The van der Waals surface area contributed by atoms with E-state index in [1.165, 1.54) is 7.05 Å². The van der Waals surface area contributed by atoms with Gasteiger partial charge < -0.3 is 10.5 Å². The van der Waals surface area contributed by atoms with Crippen LogP contribution < -0.4 is 10.5 Å². The first-order valence-corrected chi connectivity index (χ1v) is 11.2. The third-order valence-corrected chi connectivity index (χ3v) is 7.00. The van der Waals surface area contributed by atoms with Crippen LogP contribution in [-0.4, -0.2) is 28.9 Å². The van der Waals surface area contributed by atoms with Crippen molar-refractivity contribution in [2.75, 3.05) is 7.05 Å². The smallest absolute Gasteiger partial charge is 0.215 e. The van der Waals surface area contributed by atoms with Gasteiger partial charge in [-0.2, -0.15) is 5.26 Å². The zero-order valence-electron chi connectivity index (χ0n) is 19.3. The molecule has 1 aliphatic heterocycles. The molecule has 6 nitrogen and oxygen atoms in total. The number of rotatable bonds is 2. The number of fused-ring (bicyclic) bond motifs is 1. The van der Waals surface area contributed by atoms with Crippen LogP contribution in [0.15, 0.2) is 47.5 Å². The van der Waals surface area contributed by atoms with Crippen LogP contribution in [0.1, 0.15) is 63.6 Å². The second kappa shape index (κ2) is 8.14. The lowest BCUT2D eigenvalue weighted by atomic mass is 9.77. The molecule has 0 aromatic heterocycles. The van der Waals surface area contributed by atoms with Crippen LogP contribution in [0.25, 0.3) is 11.1 Å². The van der Waals surface area contributed by atoms with Gasteiger partial charge in [-0.1, -0.05) is 39.0 Å². The first kappa shape index (κ1) is 22.2. The van der Waals surface area contributed by atoms with Gasteiger partial charge in [-0.3, -0.25) is 5.21 Å². The van der Waals surface area contributed by atoms with Crippen LogP contribution in [0.4, 0.5) is 0 Å². The molecule has 1 heterocycles. The van der Waals surface area contributed by atoms with Gasteiger partial charge in [-0.15, -0.1) is 0 Å². The molecule has 3 atom stereocenters. The number of hydroxylamine groups is 2. The summed E-state index contributed by atoms with van der Waals surface area (Å²) in [5, 5.41) is 19.9. The maximum atomic E-state index is 9.81. The summed E-state index contributed by atoms with van der Waals surface area (Å²) in [6.07, 6.45) is 3.83. The first-order chi connectivity index (χ1) is 15.1. The summed E-state index contributed by atoms with van der Waals surface area (Å²) >= 11 is 0. The van der Waals surface area contributed by atoms with Crippen molar-refractivity contribution in [1.29, 1.82) is 5.26 Å². The fourth-order valence-electron chi connectivity index (χ4n) is 5.05. The Bertz CT molecular complexity index is 1080. The third kappa shape index (κ3) is 4.31. The molecule has 32 heavy (non-hydrogen) atoms. The molecule has 2 aliphatic rings. The topological polar surface area (TPSA) is 94.9 Å². The second-order valence-corrected chi connectivity index (χ2v) is 10.3. The highest BCUT2D eigenvalue weighted by atomic mass is 16.5. The van der Waals surface area contributed by atoms with E-state index in [2.05, 4.69) is 37.9 Å². The summed E-state index contributed by atoms with van der Waals surface area (Å²) in [7, 11) is 1.48. The number of hydrogen-bond acceptors (Lipinski definition) is 4. The normalized spacial score (nSPS) is 25.2. The molecule has 1 saturated carbocycles. The van der Waals surface area contributed by atoms with Gasteiger partial charge >= 0.3 is 0 Å². The number of nitrogens with two attached hydrogens (primary N) is 1. The number of benzene rings is 2. The van der Waals surface area contributed by atoms with Crippen molar-refractivity contribution in [1.82, 2.24) is 5.06 Å². The number of guanidine groups is 1. The Balaban J connectivity index is 1.75. The van der Waals surface area contributed by atoms with Crippen molar-refractivity contribution < 1.29 is 9.94 Å². The summed E-state index contributed by atoms with van der Waals surface area (Å²) < 4.78 is 6.68. The van der Waals surface area contributed by atoms with Crippen molar-refractivity contribution >= 4 is 5.96 Å². The molecular weight excluding hydrogens is 400 g/mol. The lowest BCUT2D eigenvalue weighted by Crippen LogP contribution is -2.40. The van der Waals surface area contributed by atoms with Gasteiger partial charge in [0.1, 0.15) is 11.4 Å². The van der Waals surface area contributed by atoms with Gasteiger partial charge in [0.15, 0.2) is 0 Å². The molecule has 0 radical (unpaired) electrons. The van der Waals surface area contributed by atoms with Crippen LogP contribution in [-0.2, 0) is 0 Å². The van der Waals surface area contributed by atoms with E-state index < -0.39 is 0 Å². The van der Waals surface area contributed by atoms with Crippen LogP contribution in [0.3, 0.4) is 0 Å². The Labute approximate surface area is 190 Å². The molecule has 2 unspecified atom stereocenters. The highest BCUT2D eigenvalue weighted by Crippen LogP contribution is 2.53. The fourth-order valence-corrected chi connectivity index (χ4v) is 5.05. The summed E-state index contributed by atoms with van der Waals surface area (Å²) in [5.41, 5.74) is 9.53. The molecule has 1 fully saturated rings.